The molecule has 15 atom stereocenters. The van der Waals surface area contributed by atoms with E-state index in [1.54, 1.807) is 64.0 Å². The lowest BCUT2D eigenvalue weighted by Gasteiger charge is -2.47. The number of ketones is 2. The zero-order chi connectivity index (χ0) is 98.6. The van der Waals surface area contributed by atoms with Gasteiger partial charge in [-0.05, 0) is 74.2 Å². The van der Waals surface area contributed by atoms with Crippen LogP contribution >= 0.6 is 23.2 Å². The Kier molecular flexibility index (Phi) is 45.1. The van der Waals surface area contributed by atoms with Crippen LogP contribution < -0.4 is 64.1 Å². The summed E-state index contributed by atoms with van der Waals surface area (Å²) in [5.41, 5.74) is 18.3. The number of aliphatic hydroxyl groups is 17. The minimum atomic E-state index is -1.91. The molecule has 740 valence electrons. The van der Waals surface area contributed by atoms with Crippen LogP contribution in [0, 0.1) is 20.9 Å². The number of hydrogen-bond acceptors (Lipinski definition) is 45. The van der Waals surface area contributed by atoms with Crippen molar-refractivity contribution in [2.75, 3.05) is 163 Å². The molecule has 0 saturated carbocycles. The monoisotopic (exact) mass is 1940 g/mol. The van der Waals surface area contributed by atoms with E-state index in [-0.39, 0.29) is 91.0 Å². The van der Waals surface area contributed by atoms with Gasteiger partial charge in [0.1, 0.15) is 95.8 Å². The topological polar surface area (TPSA) is 847 Å². The number of carboxylic acid groups (broad SMARTS) is 1. The first-order valence-electron chi connectivity index (χ1n) is 41.6. The third-order valence-electron chi connectivity index (χ3n) is 20.3. The van der Waals surface area contributed by atoms with Crippen molar-refractivity contribution in [1.82, 2.24) is 51.2 Å². The van der Waals surface area contributed by atoms with Crippen molar-refractivity contribution in [3.05, 3.63) is 127 Å². The zero-order valence-corrected chi connectivity index (χ0v) is 73.7. The number of rotatable bonds is 36. The molecule has 4 fully saturated rings. The van der Waals surface area contributed by atoms with Gasteiger partial charge < -0.3 is 173 Å². The first kappa shape index (κ1) is 110. The number of aromatic nitrogens is 6. The second kappa shape index (κ2) is 55.0. The summed E-state index contributed by atoms with van der Waals surface area (Å²) in [6, 6.07) is 18.2. The van der Waals surface area contributed by atoms with Crippen molar-refractivity contribution in [2.24, 2.45) is 27.5 Å². The van der Waals surface area contributed by atoms with Crippen molar-refractivity contribution >= 4 is 116 Å². The Bertz CT molecular complexity index is 4920. The van der Waals surface area contributed by atoms with E-state index in [1.165, 1.54) is 24.8 Å². The van der Waals surface area contributed by atoms with E-state index in [1.807, 2.05) is 18.2 Å². The number of carboxylic acids is 1. The van der Waals surface area contributed by atoms with Gasteiger partial charge in [-0.15, -0.1) is 0 Å². The van der Waals surface area contributed by atoms with Crippen LogP contribution in [0.3, 0.4) is 0 Å². The fourth-order valence-electron chi connectivity index (χ4n) is 13.9. The highest BCUT2D eigenvalue weighted by molar-refractivity contribution is 6.35. The van der Waals surface area contributed by atoms with Crippen LogP contribution in [0.15, 0.2) is 83.1 Å². The number of hydrogen-bond donors (Lipinski definition) is 31. The van der Waals surface area contributed by atoms with Crippen molar-refractivity contribution in [1.29, 1.82) is 10.8 Å². The Labute approximate surface area is 773 Å². The number of nitro groups is 1. The van der Waals surface area contributed by atoms with Crippen LogP contribution in [-0.4, -0.2) is 408 Å². The summed E-state index contributed by atoms with van der Waals surface area (Å²) < 4.78 is 28.0. The van der Waals surface area contributed by atoms with Gasteiger partial charge in [-0.2, -0.15) is 26.1 Å². The van der Waals surface area contributed by atoms with Gasteiger partial charge in [0, 0.05) is 105 Å². The molecule has 3 aromatic heterocycles. The third-order valence-corrected chi connectivity index (χ3v) is 20.8. The molecule has 4 saturated heterocycles. The summed E-state index contributed by atoms with van der Waals surface area (Å²) in [6.07, 6.45) is -18.9. The van der Waals surface area contributed by atoms with Crippen LogP contribution in [0.2, 0.25) is 10.0 Å². The Morgan fingerprint density at radius 2 is 1.12 bits per heavy atom. The number of fused-ring (bicyclic) bond motifs is 4. The quantitative estimate of drug-likeness (QED) is 0.00330. The number of phenols is 2. The van der Waals surface area contributed by atoms with Crippen molar-refractivity contribution < 1.29 is 145 Å². The fourth-order valence-corrected chi connectivity index (χ4v) is 14.4. The molecule has 4 aromatic carbocycles. The standard InChI is InChI=1S/C22H28N4O6.C19H31N7O4.C18H32O16.C15H10Cl2N2O2.C5H12N8.H2N2O2/c27-11-9-23-5-7-25-13-1-2-14(26-8-6-24-10-12-28)18-17(13)21(31)19-15(29)3-4-16(30)20(19)22(18)32;27-10-6-25(7-11-28)18-20-14-15-16(22-18)17(24-4-2-1-3-5-24)23-19(21-15)26(8-12-29)9-13-30;19-1-4-7(22)8(23)12(27)17(31-4)34-15-6(3-21)32-18(13(28)10(15)25)33-14-5(2-20)30-16(29)11(26)9(14)24;16-10-6-5-9(12(17)7-10)8-19-13-4-2-1-3-11(13)14(18-19)15(20)21;1-3(11-13-5(8)9)2-10-12-4(6)7;1-2(3)4/h1-4,23-30H,5-12H2;14,27-30H,1-13H2;4-29H,1-3H2;1-7H,8H2,(H,20,21);2H,1H3,(H4,6,7,12)(H4,8,9,13);1H2/b;;;;10-2+,11-3+;/t;;4-,5-,6-,7-,8+,9-,10-,11-,12-,13-,14-,15-,16?,17+,18+;;;/m..1.../s1. The van der Waals surface area contributed by atoms with Gasteiger partial charge in [0.25, 0.3) is 0 Å². The SMILES string of the molecule is CC(/C=N/NC(=N)N)=N\NC(=N)N.N[N+](=O)[O-].O=C(O)c1nn(Cc2ccc(Cl)cc2Cl)c2ccccc12.O=C1c2c(O)ccc(O)c2C(=O)c2c(NCCNCCO)ccc(NCCNCCO)c21.OCCN(CCO)c1nc(N2CCCCC2)c2nc(N(CCO)CCO)ncc2n1.OC[C@H]1O[C@@H](O[C@H]2[C@H](O)[C@@H](O)[C@H](O[C@H]3[C@H](O)[C@@H](O)C(O)O[C@@H]3CO)O[C@@H]2CO)[C@H](O)[C@@H](O)[C@@H]1O. The van der Waals surface area contributed by atoms with E-state index in [4.69, 9.17) is 94.5 Å². The first-order chi connectivity index (χ1) is 64.1. The maximum atomic E-state index is 13.4. The van der Waals surface area contributed by atoms with Crippen LogP contribution in [0.1, 0.15) is 74.1 Å². The van der Waals surface area contributed by atoms with Gasteiger partial charge in [0.15, 0.2) is 35.4 Å². The third kappa shape index (κ3) is 30.4. The number of piperidine rings is 1. The number of hydrazine groups is 1. The molecular weight excluding hydrogens is 1820 g/mol. The van der Waals surface area contributed by atoms with Gasteiger partial charge in [-0.25, -0.2) is 40.7 Å². The van der Waals surface area contributed by atoms with E-state index in [9.17, 15) is 106 Å². The summed E-state index contributed by atoms with van der Waals surface area (Å²) in [4.78, 5) is 70.7. The Hall–Kier alpha value is -11.1. The van der Waals surface area contributed by atoms with E-state index in [2.05, 4.69) is 73.1 Å². The molecule has 0 spiro atoms. The minimum Gasteiger partial charge on any atom is -0.507 e. The largest absolute Gasteiger partial charge is 0.507 e. The summed E-state index contributed by atoms with van der Waals surface area (Å²) in [5.74, 6) is 1.93. The molecule has 0 radical (unpaired) electrons. The van der Waals surface area contributed by atoms with Gasteiger partial charge in [0.2, 0.25) is 35.4 Å². The number of carbonyl (C=O) groups excluding carboxylic acids is 2. The molecule has 134 heavy (non-hydrogen) atoms. The molecule has 7 aromatic rings. The number of nitrogens with one attached hydrogen (secondary N) is 8. The van der Waals surface area contributed by atoms with Gasteiger partial charge in [0.05, 0.1) is 112 Å². The molecule has 7 heterocycles. The highest BCUT2D eigenvalue weighted by Crippen LogP contribution is 2.43. The van der Waals surface area contributed by atoms with Crippen molar-refractivity contribution in [2.45, 2.75) is 125 Å². The fraction of sp³-hybridized carbons (Fsp3) is 0.519. The molecule has 4 aliphatic heterocycles. The van der Waals surface area contributed by atoms with E-state index < -0.39 is 135 Å². The number of anilines is 5. The number of para-hydroxylation sites is 1. The molecule has 55 heteroatoms. The zero-order valence-electron chi connectivity index (χ0n) is 72.2. The first-order valence-corrected chi connectivity index (χ1v) is 42.3. The van der Waals surface area contributed by atoms with E-state index in [0.717, 1.165) is 37.0 Å². The predicted octanol–water partition coefficient (Wildman–Crippen LogP) is -7.18. The molecule has 34 N–H and O–H groups in total. The molecule has 1 unspecified atom stereocenters. The normalized spacial score (nSPS) is 22.5. The number of nitrogens with zero attached hydrogens (tertiary/aromatic N) is 12. The lowest BCUT2D eigenvalue weighted by molar-refractivity contribution is -0.491. The molecule has 0 amide bonds. The number of aliphatic hydroxyl groups excluding tert-OH is 17. The summed E-state index contributed by atoms with van der Waals surface area (Å²) in [7, 11) is 0. The number of hydrazone groups is 2. The second-order valence-corrected chi connectivity index (χ2v) is 30.5. The number of guanidine groups is 2. The Balaban J connectivity index is 0.000000232. The smallest absolute Gasteiger partial charge is 0.357 e. The predicted molar refractivity (Wildman–Crippen MR) is 480 cm³/mol. The summed E-state index contributed by atoms with van der Waals surface area (Å²) >= 11 is 12.0. The molecule has 12 rings (SSSR count). The number of ether oxygens (including phenoxy) is 5. The average molecular weight is 1940 g/mol. The van der Waals surface area contributed by atoms with Gasteiger partial charge in [-0.3, -0.25) is 25.1 Å². The number of aromatic carboxylic acids is 1. The Morgan fingerprint density at radius 1 is 0.619 bits per heavy atom. The number of carbonyl (C=O) groups is 3. The highest BCUT2D eigenvalue weighted by Gasteiger charge is 2.54. The van der Waals surface area contributed by atoms with Crippen LogP contribution in [-0.2, 0) is 30.2 Å². The molecule has 53 nitrogen and oxygen atoms in total. The highest BCUT2D eigenvalue weighted by atomic mass is 35.5. The lowest BCUT2D eigenvalue weighted by atomic mass is 9.81. The van der Waals surface area contributed by atoms with Crippen molar-refractivity contribution in [3.63, 3.8) is 0 Å². The maximum Gasteiger partial charge on any atom is 0.357 e. The number of halogens is 2. The molecule has 5 aliphatic rings. The average Bonchev–Trinajstić information content (AvgIpc) is 1.00. The number of nitrogens with two attached hydrogens (primary N) is 3. The summed E-state index contributed by atoms with van der Waals surface area (Å²) in [6.45, 7) is 5.17. The van der Waals surface area contributed by atoms with E-state index >= 15 is 0 Å². The van der Waals surface area contributed by atoms with Crippen LogP contribution in [0.5, 0.6) is 11.5 Å². The second-order valence-electron chi connectivity index (χ2n) is 29.6. The molecule has 0 bridgehead atoms. The lowest BCUT2D eigenvalue weighted by Crippen LogP contribution is -2.66. The molecule has 1 aliphatic carbocycles. The Morgan fingerprint density at radius 3 is 1.62 bits per heavy atom. The summed E-state index contributed by atoms with van der Waals surface area (Å²) in [5, 5.41) is 240. The van der Waals surface area contributed by atoms with Crippen LogP contribution in [0.25, 0.3) is 21.9 Å². The van der Waals surface area contributed by atoms with Gasteiger partial charge in [-0.1, -0.05) is 47.5 Å². The number of phenolic OH excluding ortho intramolecular Hbond substituents is 2. The van der Waals surface area contributed by atoms with Crippen molar-refractivity contribution in [3.8, 4) is 11.5 Å². The minimum absolute atomic E-state index is 0.00939. The number of aromatic hydroxyl groups is 2. The molecular formula is C79H115Cl2N23O30. The van der Waals surface area contributed by atoms with Crippen LogP contribution in [0.4, 0.5) is 29.1 Å². The number of benzene rings is 4. The maximum absolute atomic E-state index is 13.4. The van der Waals surface area contributed by atoms with Gasteiger partial charge >= 0.3 is 5.97 Å². The van der Waals surface area contributed by atoms with E-state index in [0.29, 0.717) is 133 Å².